The summed E-state index contributed by atoms with van der Waals surface area (Å²) in [5.41, 5.74) is 5.27. The van der Waals surface area contributed by atoms with E-state index in [1.165, 1.54) is 0 Å². The highest BCUT2D eigenvalue weighted by atomic mass is 16.1. The molecule has 0 spiro atoms. The minimum atomic E-state index is -0.161. The van der Waals surface area contributed by atoms with E-state index in [1.807, 2.05) is 0 Å². The zero-order chi connectivity index (χ0) is 9.35. The standard InChI is InChI=1S/C9H18N2O/c1-9(2)7(8(10)12)5-4-6-11(9)3/h7H,4-6H2,1-3H3,(H2,10,12). The van der Waals surface area contributed by atoms with E-state index >= 15 is 0 Å². The van der Waals surface area contributed by atoms with Crippen LogP contribution in [-0.2, 0) is 4.79 Å². The van der Waals surface area contributed by atoms with Crippen molar-refractivity contribution in [1.29, 1.82) is 0 Å². The first-order chi connectivity index (χ1) is 5.46. The molecule has 0 radical (unpaired) electrons. The minimum Gasteiger partial charge on any atom is -0.369 e. The summed E-state index contributed by atoms with van der Waals surface area (Å²) in [5, 5.41) is 0. The lowest BCUT2D eigenvalue weighted by atomic mass is 9.79. The van der Waals surface area contributed by atoms with E-state index in [2.05, 4.69) is 25.8 Å². The Morgan fingerprint density at radius 3 is 2.58 bits per heavy atom. The maximum Gasteiger partial charge on any atom is 0.222 e. The maximum atomic E-state index is 11.1. The van der Waals surface area contributed by atoms with Crippen molar-refractivity contribution in [3.05, 3.63) is 0 Å². The molecule has 0 saturated carbocycles. The summed E-state index contributed by atoms with van der Waals surface area (Å²) in [6.45, 7) is 5.24. The minimum absolute atomic E-state index is 0.0104. The van der Waals surface area contributed by atoms with Crippen LogP contribution in [0.3, 0.4) is 0 Å². The first kappa shape index (κ1) is 9.52. The van der Waals surface area contributed by atoms with Gasteiger partial charge in [-0.2, -0.15) is 0 Å². The second-order valence-corrected chi connectivity index (χ2v) is 4.17. The van der Waals surface area contributed by atoms with Crippen LogP contribution in [0, 0.1) is 5.92 Å². The fourth-order valence-corrected chi connectivity index (χ4v) is 1.93. The molecule has 0 bridgehead atoms. The number of nitrogens with zero attached hydrogens (tertiary/aromatic N) is 1. The quantitative estimate of drug-likeness (QED) is 0.626. The topological polar surface area (TPSA) is 46.3 Å². The van der Waals surface area contributed by atoms with Crippen LogP contribution in [0.25, 0.3) is 0 Å². The van der Waals surface area contributed by atoms with E-state index in [9.17, 15) is 4.79 Å². The molecule has 1 atom stereocenters. The van der Waals surface area contributed by atoms with Crippen molar-refractivity contribution in [1.82, 2.24) is 4.90 Å². The number of likely N-dealkylation sites (tertiary alicyclic amines) is 1. The summed E-state index contributed by atoms with van der Waals surface area (Å²) in [6.07, 6.45) is 2.01. The van der Waals surface area contributed by atoms with Crippen molar-refractivity contribution in [2.75, 3.05) is 13.6 Å². The molecule has 70 valence electrons. The smallest absolute Gasteiger partial charge is 0.222 e. The van der Waals surface area contributed by atoms with E-state index in [-0.39, 0.29) is 17.4 Å². The molecule has 1 saturated heterocycles. The predicted octanol–water partition coefficient (Wildman–Crippen LogP) is 0.592. The van der Waals surface area contributed by atoms with Gasteiger partial charge in [-0.1, -0.05) is 0 Å². The van der Waals surface area contributed by atoms with Gasteiger partial charge in [-0.15, -0.1) is 0 Å². The number of amides is 1. The van der Waals surface area contributed by atoms with E-state index in [1.54, 1.807) is 0 Å². The molecule has 0 aromatic heterocycles. The van der Waals surface area contributed by atoms with E-state index < -0.39 is 0 Å². The summed E-state index contributed by atoms with van der Waals surface area (Å²) in [6, 6.07) is 0. The summed E-state index contributed by atoms with van der Waals surface area (Å²) in [7, 11) is 2.05. The van der Waals surface area contributed by atoms with Crippen LogP contribution in [0.15, 0.2) is 0 Å². The molecule has 1 heterocycles. The highest BCUT2D eigenvalue weighted by Gasteiger charge is 2.39. The number of hydrogen-bond acceptors (Lipinski definition) is 2. The summed E-state index contributed by atoms with van der Waals surface area (Å²) < 4.78 is 0. The largest absolute Gasteiger partial charge is 0.369 e. The Kier molecular flexibility index (Phi) is 2.42. The van der Waals surface area contributed by atoms with Crippen molar-refractivity contribution in [3.63, 3.8) is 0 Å². The molecule has 12 heavy (non-hydrogen) atoms. The molecule has 0 aromatic carbocycles. The number of nitrogens with two attached hydrogens (primary N) is 1. The lowest BCUT2D eigenvalue weighted by Crippen LogP contribution is -2.55. The Hall–Kier alpha value is -0.570. The van der Waals surface area contributed by atoms with Crippen LogP contribution in [0.4, 0.5) is 0 Å². The molecule has 2 N–H and O–H groups in total. The van der Waals surface area contributed by atoms with Gasteiger partial charge in [0.25, 0.3) is 0 Å². The highest BCUT2D eigenvalue weighted by molar-refractivity contribution is 5.78. The third kappa shape index (κ3) is 1.46. The van der Waals surface area contributed by atoms with Gasteiger partial charge in [-0.3, -0.25) is 4.79 Å². The number of carbonyl (C=O) groups is 1. The number of rotatable bonds is 1. The second-order valence-electron chi connectivity index (χ2n) is 4.17. The van der Waals surface area contributed by atoms with Crippen molar-refractivity contribution < 1.29 is 4.79 Å². The van der Waals surface area contributed by atoms with E-state index in [4.69, 9.17) is 5.73 Å². The molecular weight excluding hydrogens is 152 g/mol. The van der Waals surface area contributed by atoms with Crippen molar-refractivity contribution in [2.45, 2.75) is 32.2 Å². The SMILES string of the molecule is CN1CCCC(C(N)=O)C1(C)C. The van der Waals surface area contributed by atoms with Crippen LogP contribution in [-0.4, -0.2) is 29.9 Å². The fraction of sp³-hybridized carbons (Fsp3) is 0.889. The second kappa shape index (κ2) is 3.05. The molecule has 1 aliphatic rings. The molecule has 0 aromatic rings. The Labute approximate surface area is 73.9 Å². The number of carbonyl (C=O) groups excluding carboxylic acids is 1. The molecule has 1 unspecified atom stereocenters. The van der Waals surface area contributed by atoms with Crippen LogP contribution in [0.2, 0.25) is 0 Å². The molecule has 1 fully saturated rings. The average Bonchev–Trinajstić information content (AvgIpc) is 1.94. The molecule has 3 heteroatoms. The van der Waals surface area contributed by atoms with Crippen LogP contribution in [0.5, 0.6) is 0 Å². The van der Waals surface area contributed by atoms with E-state index in [0.717, 1.165) is 19.4 Å². The summed E-state index contributed by atoms with van der Waals surface area (Å²) in [4.78, 5) is 13.3. The third-order valence-corrected chi connectivity index (χ3v) is 3.17. The Morgan fingerprint density at radius 2 is 2.17 bits per heavy atom. The van der Waals surface area contributed by atoms with Crippen LogP contribution < -0.4 is 5.73 Å². The van der Waals surface area contributed by atoms with Gasteiger partial charge in [0.1, 0.15) is 0 Å². The van der Waals surface area contributed by atoms with Gasteiger partial charge < -0.3 is 10.6 Å². The Morgan fingerprint density at radius 1 is 1.58 bits per heavy atom. The first-order valence-electron chi connectivity index (χ1n) is 4.47. The van der Waals surface area contributed by atoms with Gasteiger partial charge in [0.05, 0.1) is 5.92 Å². The van der Waals surface area contributed by atoms with Gasteiger partial charge in [0.2, 0.25) is 5.91 Å². The Balaban J connectivity index is 2.79. The normalized spacial score (nSPS) is 30.1. The highest BCUT2D eigenvalue weighted by Crippen LogP contribution is 2.31. The molecule has 0 aliphatic carbocycles. The van der Waals surface area contributed by atoms with Crippen LogP contribution in [0.1, 0.15) is 26.7 Å². The zero-order valence-corrected chi connectivity index (χ0v) is 8.13. The van der Waals surface area contributed by atoms with Crippen molar-refractivity contribution in [2.24, 2.45) is 11.7 Å². The van der Waals surface area contributed by atoms with Gasteiger partial charge in [0.15, 0.2) is 0 Å². The van der Waals surface area contributed by atoms with Crippen molar-refractivity contribution in [3.8, 4) is 0 Å². The third-order valence-electron chi connectivity index (χ3n) is 3.17. The molecule has 1 rings (SSSR count). The predicted molar refractivity (Wildman–Crippen MR) is 48.6 cm³/mol. The monoisotopic (exact) mass is 170 g/mol. The van der Waals surface area contributed by atoms with Gasteiger partial charge in [0, 0.05) is 5.54 Å². The van der Waals surface area contributed by atoms with E-state index in [0.29, 0.717) is 0 Å². The van der Waals surface area contributed by atoms with Gasteiger partial charge in [-0.05, 0) is 40.3 Å². The molecule has 1 amide bonds. The van der Waals surface area contributed by atoms with Gasteiger partial charge >= 0.3 is 0 Å². The van der Waals surface area contributed by atoms with Crippen molar-refractivity contribution >= 4 is 5.91 Å². The molecular formula is C9H18N2O. The molecule has 3 nitrogen and oxygen atoms in total. The van der Waals surface area contributed by atoms with Crippen LogP contribution >= 0.6 is 0 Å². The Bertz CT molecular complexity index is 189. The first-order valence-corrected chi connectivity index (χ1v) is 4.47. The summed E-state index contributed by atoms with van der Waals surface area (Å²) in [5.74, 6) is -0.150. The fourth-order valence-electron chi connectivity index (χ4n) is 1.93. The molecule has 1 aliphatic heterocycles. The number of piperidine rings is 1. The average molecular weight is 170 g/mol. The maximum absolute atomic E-state index is 11.1. The lowest BCUT2D eigenvalue weighted by molar-refractivity contribution is -0.128. The number of hydrogen-bond donors (Lipinski definition) is 1. The summed E-state index contributed by atoms with van der Waals surface area (Å²) >= 11 is 0. The van der Waals surface area contributed by atoms with Gasteiger partial charge in [-0.25, -0.2) is 0 Å². The lowest BCUT2D eigenvalue weighted by Gasteiger charge is -2.44. The number of primary amides is 1. The zero-order valence-electron chi connectivity index (χ0n) is 8.13.